The maximum atomic E-state index is 12.7. The smallest absolute Gasteiger partial charge is 0.211 e. The van der Waals surface area contributed by atoms with E-state index in [1.54, 1.807) is 12.3 Å². The minimum atomic E-state index is -0.0752. The number of ketones is 1. The number of aromatic hydroxyl groups is 1. The van der Waals surface area contributed by atoms with E-state index in [0.29, 0.717) is 11.3 Å². The molecule has 0 bridgehead atoms. The predicted octanol–water partition coefficient (Wildman–Crippen LogP) is 4.36. The van der Waals surface area contributed by atoms with Gasteiger partial charge in [-0.1, -0.05) is 24.3 Å². The Kier molecular flexibility index (Phi) is 3.81. The van der Waals surface area contributed by atoms with Gasteiger partial charge in [0.25, 0.3) is 0 Å². The number of benzene rings is 1. The lowest BCUT2D eigenvalue weighted by atomic mass is 9.91. The third-order valence-corrected chi connectivity index (χ3v) is 4.72. The molecule has 0 atom stereocenters. The average Bonchev–Trinajstić information content (AvgIpc) is 2.65. The number of pyridine rings is 1. The van der Waals surface area contributed by atoms with Crippen LogP contribution < -0.4 is 4.90 Å². The molecule has 4 nitrogen and oxygen atoms in total. The molecule has 0 saturated carbocycles. The summed E-state index contributed by atoms with van der Waals surface area (Å²) in [6.07, 6.45) is 11.2. The summed E-state index contributed by atoms with van der Waals surface area (Å²) in [5, 5.41) is 10.2. The van der Waals surface area contributed by atoms with E-state index in [2.05, 4.69) is 4.98 Å². The third kappa shape index (κ3) is 2.56. The zero-order valence-electron chi connectivity index (χ0n) is 14.6. The SMILES string of the molecule is CC1=C/C(=C\C=C2\C=Cc3cccc(O)c3N2C)C(=O)c2ncccc21. The Morgan fingerprint density at radius 2 is 1.96 bits per heavy atom. The number of anilines is 1. The summed E-state index contributed by atoms with van der Waals surface area (Å²) < 4.78 is 0. The van der Waals surface area contributed by atoms with E-state index in [9.17, 15) is 9.90 Å². The number of aromatic nitrogens is 1. The van der Waals surface area contributed by atoms with Gasteiger partial charge in [-0.2, -0.15) is 0 Å². The maximum absolute atomic E-state index is 12.7. The molecule has 0 amide bonds. The second-order valence-corrected chi connectivity index (χ2v) is 6.38. The van der Waals surface area contributed by atoms with Gasteiger partial charge in [0.1, 0.15) is 11.4 Å². The number of phenolic OH excluding ortho intramolecular Hbond substituents is 1. The molecule has 4 rings (SSSR count). The van der Waals surface area contributed by atoms with E-state index in [1.165, 1.54) is 0 Å². The molecule has 1 aliphatic heterocycles. The van der Waals surface area contributed by atoms with Crippen LogP contribution in [0.15, 0.2) is 72.1 Å². The lowest BCUT2D eigenvalue weighted by molar-refractivity contribution is 0.103. The van der Waals surface area contributed by atoms with Crippen molar-refractivity contribution in [2.45, 2.75) is 6.92 Å². The van der Waals surface area contributed by atoms with Crippen LogP contribution in [0.25, 0.3) is 11.6 Å². The van der Waals surface area contributed by atoms with Crippen molar-refractivity contribution in [1.29, 1.82) is 0 Å². The van der Waals surface area contributed by atoms with Gasteiger partial charge in [0.05, 0.1) is 5.69 Å². The summed E-state index contributed by atoms with van der Waals surface area (Å²) >= 11 is 0. The fraction of sp³-hybridized carbons (Fsp3) is 0.0909. The molecule has 2 heterocycles. The molecule has 0 saturated heterocycles. The van der Waals surface area contributed by atoms with E-state index >= 15 is 0 Å². The topological polar surface area (TPSA) is 53.4 Å². The number of hydrogen-bond donors (Lipinski definition) is 1. The van der Waals surface area contributed by atoms with Gasteiger partial charge in [-0.05, 0) is 48.9 Å². The van der Waals surface area contributed by atoms with Gasteiger partial charge in [0, 0.05) is 35.6 Å². The number of Topliss-reactive ketones (excluding diaryl/α,β-unsaturated/α-hetero) is 1. The van der Waals surface area contributed by atoms with Gasteiger partial charge in [0.2, 0.25) is 5.78 Å². The van der Waals surface area contributed by atoms with Crippen LogP contribution in [0.5, 0.6) is 5.75 Å². The van der Waals surface area contributed by atoms with Crippen molar-refractivity contribution in [1.82, 2.24) is 4.98 Å². The van der Waals surface area contributed by atoms with Crippen LogP contribution in [-0.4, -0.2) is 22.9 Å². The molecule has 2 aliphatic rings. The van der Waals surface area contributed by atoms with Gasteiger partial charge in [-0.25, -0.2) is 0 Å². The molecule has 1 aromatic carbocycles. The second kappa shape index (κ2) is 6.15. The fourth-order valence-electron chi connectivity index (χ4n) is 3.35. The first-order chi connectivity index (χ1) is 12.6. The van der Waals surface area contributed by atoms with Crippen molar-refractivity contribution in [3.05, 3.63) is 88.9 Å². The number of hydrogen-bond acceptors (Lipinski definition) is 4. The van der Waals surface area contributed by atoms with Crippen LogP contribution in [0.2, 0.25) is 0 Å². The van der Waals surface area contributed by atoms with Crippen LogP contribution in [-0.2, 0) is 0 Å². The molecule has 2 aromatic rings. The standard InChI is InChI=1S/C22H18N2O2/c1-14-13-16(22(26)20-18(14)6-4-12-23-20)9-11-17-10-8-15-5-3-7-19(25)21(15)24(17)2/h3-13,25H,1-2H3/b16-9+,17-11-. The highest BCUT2D eigenvalue weighted by Gasteiger charge is 2.22. The molecule has 1 N–H and O–H groups in total. The minimum absolute atomic E-state index is 0.0752. The average molecular weight is 342 g/mol. The highest BCUT2D eigenvalue weighted by atomic mass is 16.3. The quantitative estimate of drug-likeness (QED) is 0.782. The van der Waals surface area contributed by atoms with Crippen molar-refractivity contribution < 1.29 is 9.90 Å². The lowest BCUT2D eigenvalue weighted by Gasteiger charge is -2.27. The van der Waals surface area contributed by atoms with Crippen molar-refractivity contribution in [3.63, 3.8) is 0 Å². The van der Waals surface area contributed by atoms with Crippen LogP contribution in [0, 0.1) is 0 Å². The molecule has 0 radical (unpaired) electrons. The lowest BCUT2D eigenvalue weighted by Crippen LogP contribution is -2.18. The van der Waals surface area contributed by atoms with Gasteiger partial charge in [-0.15, -0.1) is 0 Å². The Morgan fingerprint density at radius 3 is 2.81 bits per heavy atom. The number of carbonyl (C=O) groups is 1. The summed E-state index contributed by atoms with van der Waals surface area (Å²) in [6.45, 7) is 1.98. The van der Waals surface area contributed by atoms with Gasteiger partial charge in [0.15, 0.2) is 0 Å². The minimum Gasteiger partial charge on any atom is -0.506 e. The van der Waals surface area contributed by atoms with Crippen molar-refractivity contribution in [2.24, 2.45) is 0 Å². The van der Waals surface area contributed by atoms with Crippen LogP contribution in [0.4, 0.5) is 5.69 Å². The first kappa shape index (κ1) is 16.1. The normalized spacial score (nSPS) is 18.8. The summed E-state index contributed by atoms with van der Waals surface area (Å²) in [7, 11) is 1.90. The van der Waals surface area contributed by atoms with Crippen molar-refractivity contribution in [3.8, 4) is 5.75 Å². The largest absolute Gasteiger partial charge is 0.506 e. The molecule has 1 aromatic heterocycles. The third-order valence-electron chi connectivity index (χ3n) is 4.72. The molecule has 26 heavy (non-hydrogen) atoms. The number of allylic oxidation sites excluding steroid dienone is 6. The molecule has 1 aliphatic carbocycles. The summed E-state index contributed by atoms with van der Waals surface area (Å²) in [4.78, 5) is 18.8. The Labute approximate surface area is 152 Å². The van der Waals surface area contributed by atoms with E-state index < -0.39 is 0 Å². The van der Waals surface area contributed by atoms with Gasteiger partial charge < -0.3 is 10.0 Å². The number of nitrogens with zero attached hydrogens (tertiary/aromatic N) is 2. The summed E-state index contributed by atoms with van der Waals surface area (Å²) in [6, 6.07) is 9.20. The molecule has 128 valence electrons. The number of carbonyl (C=O) groups excluding carboxylic acids is 1. The number of likely N-dealkylation sites (N-methyl/N-ethyl adjacent to an activating group) is 1. The highest BCUT2D eigenvalue weighted by molar-refractivity contribution is 6.15. The van der Waals surface area contributed by atoms with Gasteiger partial charge >= 0.3 is 0 Å². The fourth-order valence-corrected chi connectivity index (χ4v) is 3.35. The molecular formula is C22H18N2O2. The molecule has 0 spiro atoms. The Bertz CT molecular complexity index is 1040. The number of para-hydroxylation sites is 1. The van der Waals surface area contributed by atoms with E-state index in [-0.39, 0.29) is 11.5 Å². The van der Waals surface area contributed by atoms with Gasteiger partial charge in [-0.3, -0.25) is 9.78 Å². The van der Waals surface area contributed by atoms with Crippen LogP contribution >= 0.6 is 0 Å². The Hall–Kier alpha value is -3.40. The van der Waals surface area contributed by atoms with E-state index in [0.717, 1.165) is 28.1 Å². The van der Waals surface area contributed by atoms with Crippen LogP contribution in [0.3, 0.4) is 0 Å². The molecular weight excluding hydrogens is 324 g/mol. The highest BCUT2D eigenvalue weighted by Crippen LogP contribution is 2.37. The van der Waals surface area contributed by atoms with Crippen LogP contribution in [0.1, 0.15) is 28.5 Å². The number of fused-ring (bicyclic) bond motifs is 2. The predicted molar refractivity (Wildman–Crippen MR) is 104 cm³/mol. The first-order valence-corrected chi connectivity index (χ1v) is 8.40. The zero-order chi connectivity index (χ0) is 18.3. The summed E-state index contributed by atoms with van der Waals surface area (Å²) in [5.41, 5.74) is 5.60. The zero-order valence-corrected chi connectivity index (χ0v) is 14.6. The Balaban J connectivity index is 1.72. The van der Waals surface area contributed by atoms with E-state index in [4.69, 9.17) is 0 Å². The number of phenols is 1. The molecule has 4 heteroatoms. The van der Waals surface area contributed by atoms with Crippen molar-refractivity contribution in [2.75, 3.05) is 11.9 Å². The summed E-state index contributed by atoms with van der Waals surface area (Å²) in [5.74, 6) is 0.157. The monoisotopic (exact) mass is 342 g/mol. The first-order valence-electron chi connectivity index (χ1n) is 8.40. The molecule has 0 fully saturated rings. The second-order valence-electron chi connectivity index (χ2n) is 6.38. The molecule has 0 unspecified atom stereocenters. The maximum Gasteiger partial charge on any atom is 0.211 e. The Morgan fingerprint density at radius 1 is 1.12 bits per heavy atom. The van der Waals surface area contributed by atoms with E-state index in [1.807, 2.05) is 73.5 Å². The van der Waals surface area contributed by atoms with Crippen molar-refractivity contribution >= 4 is 23.1 Å². The number of rotatable bonds is 1.